The lowest BCUT2D eigenvalue weighted by atomic mass is 10.1. The Kier molecular flexibility index (Phi) is 6.10. The molecule has 0 atom stereocenters. The van der Waals surface area contributed by atoms with Crippen molar-refractivity contribution in [2.75, 3.05) is 18.5 Å². The number of para-hydroxylation sites is 1. The van der Waals surface area contributed by atoms with Crippen LogP contribution in [-0.2, 0) is 28.9 Å². The predicted molar refractivity (Wildman–Crippen MR) is 109 cm³/mol. The summed E-state index contributed by atoms with van der Waals surface area (Å²) in [5.74, 6) is 0.815. The van der Waals surface area contributed by atoms with Crippen LogP contribution in [0.5, 0.6) is 5.75 Å². The summed E-state index contributed by atoms with van der Waals surface area (Å²) in [6, 6.07) is 7.64. The van der Waals surface area contributed by atoms with Gasteiger partial charge in [-0.15, -0.1) is 0 Å². The molecule has 0 bridgehead atoms. The molecule has 156 valence electrons. The molecule has 2 N–H and O–H groups in total. The summed E-state index contributed by atoms with van der Waals surface area (Å²) < 4.78 is 11.1. The fourth-order valence-corrected chi connectivity index (χ4v) is 3.13. The number of carbonyl (C=O) groups excluding carboxylic acids is 2. The number of aryl methyl sites for hydroxylation is 1. The lowest BCUT2D eigenvalue weighted by molar-refractivity contribution is -0.118. The largest absolute Gasteiger partial charge is 0.483 e. The number of aromatic amines is 1. The van der Waals surface area contributed by atoms with Crippen LogP contribution in [0.3, 0.4) is 0 Å². The van der Waals surface area contributed by atoms with Crippen molar-refractivity contribution in [1.82, 2.24) is 15.1 Å². The maximum Gasteiger partial charge on any atom is 0.410 e. The van der Waals surface area contributed by atoms with Gasteiger partial charge in [-0.1, -0.05) is 25.1 Å². The van der Waals surface area contributed by atoms with Crippen LogP contribution in [0, 0.1) is 0 Å². The van der Waals surface area contributed by atoms with E-state index in [-0.39, 0.29) is 18.6 Å². The number of H-pyrrole nitrogens is 1. The van der Waals surface area contributed by atoms with E-state index in [0.717, 1.165) is 23.2 Å². The van der Waals surface area contributed by atoms with Crippen LogP contribution < -0.4 is 10.1 Å². The van der Waals surface area contributed by atoms with Gasteiger partial charge in [0.25, 0.3) is 5.91 Å². The number of fused-ring (bicyclic) bond motifs is 1. The number of anilines is 1. The summed E-state index contributed by atoms with van der Waals surface area (Å²) in [6.45, 7) is 8.29. The lowest BCUT2D eigenvalue weighted by Gasteiger charge is -2.30. The van der Waals surface area contributed by atoms with E-state index in [1.54, 1.807) is 4.90 Å². The van der Waals surface area contributed by atoms with Gasteiger partial charge in [-0.25, -0.2) is 4.79 Å². The first-order valence-electron chi connectivity index (χ1n) is 9.81. The fraction of sp³-hybridized carbons (Fsp3) is 0.476. The van der Waals surface area contributed by atoms with Crippen LogP contribution in [0.4, 0.5) is 10.6 Å². The smallest absolute Gasteiger partial charge is 0.410 e. The van der Waals surface area contributed by atoms with E-state index < -0.39 is 5.60 Å². The molecule has 1 aliphatic rings. The highest BCUT2D eigenvalue weighted by molar-refractivity contribution is 5.91. The minimum atomic E-state index is -0.559. The number of amides is 2. The molecule has 0 fully saturated rings. The highest BCUT2D eigenvalue weighted by Gasteiger charge is 2.29. The number of nitrogens with zero attached hydrogens (tertiary/aromatic N) is 2. The third-order valence-corrected chi connectivity index (χ3v) is 4.56. The molecule has 0 aliphatic carbocycles. The van der Waals surface area contributed by atoms with Gasteiger partial charge in [0.15, 0.2) is 12.4 Å². The zero-order valence-electron chi connectivity index (χ0n) is 17.4. The molecule has 0 saturated heterocycles. The number of ether oxygens (including phenoxy) is 2. The van der Waals surface area contributed by atoms with Crippen LogP contribution in [0.1, 0.15) is 44.5 Å². The summed E-state index contributed by atoms with van der Waals surface area (Å²) in [5.41, 5.74) is 2.20. The van der Waals surface area contributed by atoms with Crippen molar-refractivity contribution in [3.63, 3.8) is 0 Å². The SMILES string of the molecule is CCc1ccccc1OCC(=O)Nc1n[nH]c2c1CN(C(=O)OC(C)(C)C)CC2. The number of aromatic nitrogens is 2. The summed E-state index contributed by atoms with van der Waals surface area (Å²) >= 11 is 0. The molecule has 8 heteroatoms. The maximum absolute atomic E-state index is 12.4. The Bertz CT molecular complexity index is 885. The van der Waals surface area contributed by atoms with Crippen LogP contribution in [0.25, 0.3) is 0 Å². The Morgan fingerprint density at radius 2 is 2.03 bits per heavy atom. The monoisotopic (exact) mass is 400 g/mol. The van der Waals surface area contributed by atoms with Gasteiger partial charge in [-0.05, 0) is 38.8 Å². The standard InChI is InChI=1S/C21H28N4O4/c1-5-14-8-6-7-9-17(14)28-13-18(26)22-19-15-12-25(11-10-16(15)23-24-19)20(27)29-21(2,3)4/h6-9H,5,10-13H2,1-4H3,(H2,22,23,24,26). The first kappa shape index (κ1) is 20.7. The third-order valence-electron chi connectivity index (χ3n) is 4.56. The van der Waals surface area contributed by atoms with Crippen LogP contribution in [0.15, 0.2) is 24.3 Å². The van der Waals surface area contributed by atoms with Gasteiger partial charge in [-0.3, -0.25) is 9.89 Å². The van der Waals surface area contributed by atoms with Gasteiger partial charge in [-0.2, -0.15) is 5.10 Å². The summed E-state index contributed by atoms with van der Waals surface area (Å²) in [5, 5.41) is 9.93. The molecule has 0 saturated carbocycles. The van der Waals surface area contributed by atoms with Crippen molar-refractivity contribution in [2.24, 2.45) is 0 Å². The minimum absolute atomic E-state index is 0.117. The van der Waals surface area contributed by atoms with Gasteiger partial charge in [0.05, 0.1) is 6.54 Å². The number of benzene rings is 1. The molecular formula is C21H28N4O4. The van der Waals surface area contributed by atoms with E-state index in [9.17, 15) is 9.59 Å². The first-order valence-corrected chi connectivity index (χ1v) is 9.81. The van der Waals surface area contributed by atoms with Gasteiger partial charge in [0.1, 0.15) is 11.4 Å². The van der Waals surface area contributed by atoms with Crippen molar-refractivity contribution in [2.45, 2.75) is 52.7 Å². The molecular weight excluding hydrogens is 372 g/mol. The van der Waals surface area contributed by atoms with Gasteiger partial charge >= 0.3 is 6.09 Å². The van der Waals surface area contributed by atoms with E-state index in [2.05, 4.69) is 15.5 Å². The topological polar surface area (TPSA) is 96.5 Å². The molecule has 8 nitrogen and oxygen atoms in total. The van der Waals surface area contributed by atoms with Crippen LogP contribution in [-0.4, -0.2) is 45.9 Å². The third kappa shape index (κ3) is 5.28. The van der Waals surface area contributed by atoms with Crippen LogP contribution >= 0.6 is 0 Å². The van der Waals surface area contributed by atoms with Crippen LogP contribution in [0.2, 0.25) is 0 Å². The average Bonchev–Trinajstić information content (AvgIpc) is 3.07. The molecule has 2 amide bonds. The molecule has 0 radical (unpaired) electrons. The van der Waals surface area contributed by atoms with Crippen molar-refractivity contribution >= 4 is 17.8 Å². The van der Waals surface area contributed by atoms with E-state index in [1.165, 1.54) is 0 Å². The van der Waals surface area contributed by atoms with E-state index in [4.69, 9.17) is 9.47 Å². The van der Waals surface area contributed by atoms with Gasteiger partial charge < -0.3 is 19.7 Å². The molecule has 0 unspecified atom stereocenters. The van der Waals surface area contributed by atoms with E-state index in [0.29, 0.717) is 31.1 Å². The molecule has 29 heavy (non-hydrogen) atoms. The second kappa shape index (κ2) is 8.55. The zero-order valence-corrected chi connectivity index (χ0v) is 17.4. The minimum Gasteiger partial charge on any atom is -0.483 e. The number of carbonyl (C=O) groups is 2. The summed E-state index contributed by atoms with van der Waals surface area (Å²) in [7, 11) is 0. The second-order valence-electron chi connectivity index (χ2n) is 7.98. The molecule has 1 aliphatic heterocycles. The Labute approximate surface area is 170 Å². The zero-order chi connectivity index (χ0) is 21.0. The quantitative estimate of drug-likeness (QED) is 0.803. The number of nitrogens with one attached hydrogen (secondary N) is 2. The number of hydrogen-bond donors (Lipinski definition) is 2. The number of hydrogen-bond acceptors (Lipinski definition) is 5. The van der Waals surface area contributed by atoms with E-state index in [1.807, 2.05) is 52.0 Å². The van der Waals surface area contributed by atoms with Gasteiger partial charge in [0.2, 0.25) is 0 Å². The van der Waals surface area contributed by atoms with Gasteiger partial charge in [0, 0.05) is 24.2 Å². The van der Waals surface area contributed by atoms with Crippen molar-refractivity contribution in [3.8, 4) is 5.75 Å². The second-order valence-corrected chi connectivity index (χ2v) is 7.98. The average molecular weight is 400 g/mol. The van der Waals surface area contributed by atoms with Crippen molar-refractivity contribution in [1.29, 1.82) is 0 Å². The number of rotatable bonds is 5. The van der Waals surface area contributed by atoms with Crippen molar-refractivity contribution in [3.05, 3.63) is 41.1 Å². The summed E-state index contributed by atoms with van der Waals surface area (Å²) in [6.07, 6.45) is 1.07. The molecule has 1 aromatic carbocycles. The molecule has 2 heterocycles. The first-order chi connectivity index (χ1) is 13.8. The Hall–Kier alpha value is -3.03. The molecule has 0 spiro atoms. The Balaban J connectivity index is 1.61. The Morgan fingerprint density at radius 1 is 1.28 bits per heavy atom. The highest BCUT2D eigenvalue weighted by Crippen LogP contribution is 2.25. The van der Waals surface area contributed by atoms with E-state index >= 15 is 0 Å². The fourth-order valence-electron chi connectivity index (χ4n) is 3.13. The molecule has 2 aromatic rings. The predicted octanol–water partition coefficient (Wildman–Crippen LogP) is 3.28. The summed E-state index contributed by atoms with van der Waals surface area (Å²) in [4.78, 5) is 26.4. The molecule has 3 rings (SSSR count). The Morgan fingerprint density at radius 3 is 2.76 bits per heavy atom. The van der Waals surface area contributed by atoms with Crippen molar-refractivity contribution < 1.29 is 19.1 Å². The highest BCUT2D eigenvalue weighted by atomic mass is 16.6. The normalized spacial score (nSPS) is 13.6. The molecule has 1 aromatic heterocycles. The maximum atomic E-state index is 12.4. The lowest BCUT2D eigenvalue weighted by Crippen LogP contribution is -2.40.